The van der Waals surface area contributed by atoms with E-state index in [0.29, 0.717) is 63.4 Å². The van der Waals surface area contributed by atoms with Crippen molar-refractivity contribution in [2.45, 2.75) is 71.0 Å². The van der Waals surface area contributed by atoms with Gasteiger partial charge in [-0.1, -0.05) is 68.0 Å². The standard InChI is InChI=1S/C41H41N7O10S2/c49-40-34-13-7-9-15-36(34)42-38(29-17-21-32(22-18-29)57-59(51,52)53)47(40)26-12-6-4-2-1-3-5-11-25-46-27-31(44-45-46)28-48-39(43-37-16-10-8-14-35(37)41(48)50)30-19-23-33(24-20-30)58-60(54,55)56/h7-10,13-24,27H,1-6,11-12,25-26,28H2,(H,51,52,53)(H,54,55,56)/p-2. The smallest absolute Gasteiger partial charge is 0.262 e. The number of benzene rings is 4. The van der Waals surface area contributed by atoms with Gasteiger partial charge in [-0.05, 0) is 85.6 Å². The minimum Gasteiger partial charge on any atom is -0.716 e. The Kier molecular flexibility index (Phi) is 12.8. The van der Waals surface area contributed by atoms with Crippen molar-refractivity contribution in [1.29, 1.82) is 0 Å². The van der Waals surface area contributed by atoms with E-state index in [0.717, 1.165) is 51.4 Å². The second-order valence-electron chi connectivity index (χ2n) is 14.1. The van der Waals surface area contributed by atoms with Crippen molar-refractivity contribution in [2.75, 3.05) is 0 Å². The van der Waals surface area contributed by atoms with Crippen molar-refractivity contribution < 1.29 is 34.3 Å². The fourth-order valence-corrected chi connectivity index (χ4v) is 7.67. The fraction of sp³-hybridized carbons (Fsp3) is 0.268. The summed E-state index contributed by atoms with van der Waals surface area (Å²) in [6.45, 7) is 1.19. The predicted molar refractivity (Wildman–Crippen MR) is 220 cm³/mol. The molecule has 0 amide bonds. The van der Waals surface area contributed by atoms with E-state index in [2.05, 4.69) is 18.7 Å². The maximum Gasteiger partial charge on any atom is 0.262 e. The van der Waals surface area contributed by atoms with Crippen LogP contribution in [0.2, 0.25) is 0 Å². The highest BCUT2D eigenvalue weighted by atomic mass is 32.3. The van der Waals surface area contributed by atoms with Crippen LogP contribution in [0.1, 0.15) is 57.1 Å². The average molecular weight is 854 g/mol. The van der Waals surface area contributed by atoms with Crippen molar-refractivity contribution in [3.8, 4) is 34.3 Å². The lowest BCUT2D eigenvalue weighted by molar-refractivity contribution is 0.370. The molecule has 0 spiro atoms. The number of hydrogen-bond donors (Lipinski definition) is 0. The largest absolute Gasteiger partial charge is 0.716 e. The van der Waals surface area contributed by atoms with Gasteiger partial charge >= 0.3 is 0 Å². The quantitative estimate of drug-likeness (QED) is 0.0549. The third-order valence-corrected chi connectivity index (χ3v) is 10.6. The third-order valence-electron chi connectivity index (χ3n) is 9.77. The first kappa shape index (κ1) is 41.9. The summed E-state index contributed by atoms with van der Waals surface area (Å²) >= 11 is 0. The summed E-state index contributed by atoms with van der Waals surface area (Å²) < 4.78 is 79.8. The molecule has 7 aromatic rings. The van der Waals surface area contributed by atoms with Crippen molar-refractivity contribution in [3.05, 3.63) is 130 Å². The highest BCUT2D eigenvalue weighted by Crippen LogP contribution is 2.25. The fourth-order valence-electron chi connectivity index (χ4n) is 6.97. The number of nitrogens with zero attached hydrogens (tertiary/aromatic N) is 7. The lowest BCUT2D eigenvalue weighted by Crippen LogP contribution is -2.24. The molecule has 3 aromatic heterocycles. The number of aryl methyl sites for hydroxylation is 1. The Balaban J connectivity index is 0.887. The van der Waals surface area contributed by atoms with Crippen LogP contribution in [0.3, 0.4) is 0 Å². The van der Waals surface area contributed by atoms with E-state index >= 15 is 0 Å². The molecule has 0 bridgehead atoms. The molecule has 0 radical (unpaired) electrons. The highest BCUT2D eigenvalue weighted by molar-refractivity contribution is 7.81. The number of unbranched alkanes of at least 4 members (excludes halogenated alkanes) is 7. The highest BCUT2D eigenvalue weighted by Gasteiger charge is 2.16. The molecule has 0 aliphatic heterocycles. The van der Waals surface area contributed by atoms with E-state index in [1.807, 2.05) is 0 Å². The minimum absolute atomic E-state index is 0.0901. The molecule has 0 unspecified atom stereocenters. The van der Waals surface area contributed by atoms with E-state index in [1.54, 1.807) is 76.1 Å². The van der Waals surface area contributed by atoms with Crippen LogP contribution in [0, 0.1) is 0 Å². The predicted octanol–water partition coefficient (Wildman–Crippen LogP) is 5.58. The molecule has 0 aliphatic rings. The number of fused-ring (bicyclic) bond motifs is 2. The first-order valence-electron chi connectivity index (χ1n) is 19.2. The monoisotopic (exact) mass is 853 g/mol. The first-order chi connectivity index (χ1) is 28.8. The summed E-state index contributed by atoms with van der Waals surface area (Å²) in [5, 5.41) is 9.50. The van der Waals surface area contributed by atoms with Gasteiger partial charge in [-0.15, -0.1) is 5.10 Å². The number of hydrogen-bond acceptors (Lipinski definition) is 14. The van der Waals surface area contributed by atoms with Crippen molar-refractivity contribution >= 4 is 42.6 Å². The molecule has 0 aliphatic carbocycles. The molecule has 19 heteroatoms. The molecule has 0 saturated heterocycles. The van der Waals surface area contributed by atoms with Crippen LogP contribution in [0.5, 0.6) is 11.5 Å². The van der Waals surface area contributed by atoms with Crippen LogP contribution < -0.4 is 19.5 Å². The first-order valence-corrected chi connectivity index (χ1v) is 21.9. The van der Waals surface area contributed by atoms with Gasteiger partial charge in [0.05, 0.1) is 34.5 Å². The topological polar surface area (TPSA) is 233 Å². The zero-order valence-electron chi connectivity index (χ0n) is 32.1. The van der Waals surface area contributed by atoms with Crippen LogP contribution >= 0.6 is 0 Å². The molecular weight excluding hydrogens is 815 g/mol. The van der Waals surface area contributed by atoms with Crippen LogP contribution in [-0.2, 0) is 40.4 Å². The Morgan fingerprint density at radius 2 is 0.967 bits per heavy atom. The van der Waals surface area contributed by atoms with E-state index in [9.17, 15) is 35.5 Å². The Hall–Kier alpha value is -6.28. The van der Waals surface area contributed by atoms with Crippen molar-refractivity contribution in [3.63, 3.8) is 0 Å². The Bertz CT molecular complexity index is 2970. The van der Waals surface area contributed by atoms with Gasteiger partial charge in [0.25, 0.3) is 31.9 Å². The third kappa shape index (κ3) is 10.7. The molecule has 0 saturated carbocycles. The van der Waals surface area contributed by atoms with Crippen LogP contribution in [0.25, 0.3) is 44.6 Å². The summed E-state index contributed by atoms with van der Waals surface area (Å²) in [5.74, 6) is 0.480. The van der Waals surface area contributed by atoms with Crippen LogP contribution in [0.4, 0.5) is 0 Å². The molecule has 3 heterocycles. The van der Waals surface area contributed by atoms with E-state index in [-0.39, 0.29) is 29.2 Å². The summed E-state index contributed by atoms with van der Waals surface area (Å²) in [4.78, 5) is 36.6. The molecule has 312 valence electrons. The van der Waals surface area contributed by atoms with Gasteiger partial charge in [0.15, 0.2) is 0 Å². The van der Waals surface area contributed by atoms with Crippen LogP contribution in [0.15, 0.2) is 113 Å². The van der Waals surface area contributed by atoms with Crippen molar-refractivity contribution in [1.82, 2.24) is 34.1 Å². The molecule has 17 nitrogen and oxygen atoms in total. The maximum absolute atomic E-state index is 13.7. The molecule has 0 atom stereocenters. The molecule has 7 rings (SSSR count). The van der Waals surface area contributed by atoms with Gasteiger partial charge in [-0.25, -0.2) is 26.8 Å². The molecular formula is C41H39N7O10S2-2. The summed E-state index contributed by atoms with van der Waals surface area (Å²) in [6, 6.07) is 25.6. The van der Waals surface area contributed by atoms with Gasteiger partial charge in [-0.3, -0.25) is 23.4 Å². The Morgan fingerprint density at radius 1 is 0.533 bits per heavy atom. The number of aromatic nitrogens is 7. The lowest BCUT2D eigenvalue weighted by Gasteiger charge is -2.14. The van der Waals surface area contributed by atoms with Crippen LogP contribution in [-0.4, -0.2) is 60.0 Å². The summed E-state index contributed by atoms with van der Waals surface area (Å²) in [6.07, 6.45) is 9.49. The Labute approximate surface area is 344 Å². The number of rotatable bonds is 19. The minimum atomic E-state index is -4.95. The van der Waals surface area contributed by atoms with Gasteiger partial charge in [0.2, 0.25) is 0 Å². The molecule has 0 fully saturated rings. The van der Waals surface area contributed by atoms with E-state index in [4.69, 9.17) is 9.97 Å². The summed E-state index contributed by atoms with van der Waals surface area (Å²) in [7, 11) is -9.86. The van der Waals surface area contributed by atoms with E-state index < -0.39 is 20.8 Å². The molecule has 0 N–H and O–H groups in total. The average Bonchev–Trinajstić information content (AvgIpc) is 3.67. The normalized spacial score (nSPS) is 12.0. The second-order valence-corrected chi connectivity index (χ2v) is 16.1. The zero-order chi connectivity index (χ0) is 42.3. The molecule has 4 aromatic carbocycles. The van der Waals surface area contributed by atoms with Crippen molar-refractivity contribution in [2.24, 2.45) is 0 Å². The van der Waals surface area contributed by atoms with Gasteiger partial charge in [-0.2, -0.15) is 0 Å². The van der Waals surface area contributed by atoms with Gasteiger partial charge in [0, 0.05) is 24.2 Å². The maximum atomic E-state index is 13.7. The Morgan fingerprint density at radius 3 is 1.47 bits per heavy atom. The van der Waals surface area contributed by atoms with Gasteiger partial charge in [0.1, 0.15) is 28.8 Å². The second kappa shape index (κ2) is 18.3. The SMILES string of the molecule is O=c1c2ccccc2nc(-c2ccc(OS(=O)(=O)[O-])cc2)n1CCCCCCCCCCn1cc(Cn2c(-c3ccc(OS(=O)(=O)[O-])cc3)nc3ccccc3c2=O)nn1. The molecule has 60 heavy (non-hydrogen) atoms. The zero-order valence-corrected chi connectivity index (χ0v) is 33.8. The summed E-state index contributed by atoms with van der Waals surface area (Å²) in [5.41, 5.74) is 2.23. The number of para-hydroxylation sites is 2. The van der Waals surface area contributed by atoms with Gasteiger partial charge < -0.3 is 17.5 Å². The van der Waals surface area contributed by atoms with E-state index in [1.165, 1.54) is 41.0 Å². The lowest BCUT2D eigenvalue weighted by atomic mass is 10.1.